The summed E-state index contributed by atoms with van der Waals surface area (Å²) in [4.78, 5) is 14.0. The van der Waals surface area contributed by atoms with Gasteiger partial charge >= 0.3 is 0 Å². The van der Waals surface area contributed by atoms with Gasteiger partial charge in [0.1, 0.15) is 11.5 Å². The van der Waals surface area contributed by atoms with E-state index in [4.69, 9.17) is 9.47 Å². The van der Waals surface area contributed by atoms with Crippen LogP contribution in [-0.2, 0) is 4.79 Å². The molecule has 0 spiro atoms. The molecule has 1 aliphatic heterocycles. The maximum absolute atomic E-state index is 12.1. The molecule has 1 aromatic rings. The van der Waals surface area contributed by atoms with Crippen LogP contribution in [0.4, 0.5) is 0 Å². The van der Waals surface area contributed by atoms with Crippen LogP contribution in [0.15, 0.2) is 18.2 Å². The molecule has 110 valence electrons. The maximum atomic E-state index is 12.1. The molecule has 1 heterocycles. The van der Waals surface area contributed by atoms with Crippen molar-refractivity contribution in [1.29, 1.82) is 0 Å². The molecule has 2 rings (SSSR count). The third-order valence-electron chi connectivity index (χ3n) is 3.85. The highest BCUT2D eigenvalue weighted by atomic mass is 32.1. The lowest BCUT2D eigenvalue weighted by Gasteiger charge is -2.26. The first-order valence-electron chi connectivity index (χ1n) is 6.73. The summed E-state index contributed by atoms with van der Waals surface area (Å²) in [5, 5.41) is 0. The second-order valence-corrected chi connectivity index (χ2v) is 5.45. The molecule has 0 N–H and O–H groups in total. The number of likely N-dealkylation sites (tertiary alicyclic amines) is 1. The van der Waals surface area contributed by atoms with E-state index in [9.17, 15) is 4.79 Å². The number of hydrogen-bond acceptors (Lipinski definition) is 4. The lowest BCUT2D eigenvalue weighted by molar-refractivity contribution is -0.129. The molecule has 2 atom stereocenters. The smallest absolute Gasteiger partial charge is 0.223 e. The molecule has 0 aliphatic carbocycles. The van der Waals surface area contributed by atoms with Crippen LogP contribution < -0.4 is 9.47 Å². The Kier molecular flexibility index (Phi) is 4.81. The molecule has 0 saturated carbocycles. The third kappa shape index (κ3) is 2.87. The Balaban J connectivity index is 2.28. The molecule has 1 saturated heterocycles. The average molecular weight is 295 g/mol. The van der Waals surface area contributed by atoms with Gasteiger partial charge in [-0.05, 0) is 36.8 Å². The molecule has 4 nitrogen and oxygen atoms in total. The lowest BCUT2D eigenvalue weighted by Crippen LogP contribution is -2.29. The summed E-state index contributed by atoms with van der Waals surface area (Å²) in [5.41, 5.74) is 0.972. The number of thiol groups is 1. The zero-order valence-electron chi connectivity index (χ0n) is 12.1. The molecule has 1 amide bonds. The van der Waals surface area contributed by atoms with Crippen molar-refractivity contribution in [2.45, 2.75) is 19.4 Å². The largest absolute Gasteiger partial charge is 0.497 e. The van der Waals surface area contributed by atoms with E-state index in [1.165, 1.54) is 0 Å². The van der Waals surface area contributed by atoms with Gasteiger partial charge in [-0.15, -0.1) is 0 Å². The van der Waals surface area contributed by atoms with E-state index in [0.29, 0.717) is 12.3 Å². The summed E-state index contributed by atoms with van der Waals surface area (Å²) >= 11 is 4.30. The van der Waals surface area contributed by atoms with Crippen LogP contribution >= 0.6 is 12.6 Å². The minimum atomic E-state index is -0.0302. The fourth-order valence-electron chi connectivity index (χ4n) is 2.64. The van der Waals surface area contributed by atoms with Crippen molar-refractivity contribution in [2.75, 3.05) is 26.5 Å². The van der Waals surface area contributed by atoms with Gasteiger partial charge in [-0.3, -0.25) is 4.79 Å². The molecule has 1 fully saturated rings. The highest BCUT2D eigenvalue weighted by molar-refractivity contribution is 7.80. The molecular formula is C15H21NO3S. The van der Waals surface area contributed by atoms with Crippen molar-refractivity contribution >= 4 is 18.5 Å². The van der Waals surface area contributed by atoms with E-state index < -0.39 is 0 Å². The Morgan fingerprint density at radius 2 is 2.15 bits per heavy atom. The number of ether oxygens (including phenoxy) is 2. The lowest BCUT2D eigenvalue weighted by atomic mass is 10.1. The summed E-state index contributed by atoms with van der Waals surface area (Å²) in [6.07, 6.45) is 0.583. The van der Waals surface area contributed by atoms with Crippen LogP contribution in [-0.4, -0.2) is 37.3 Å². The summed E-state index contributed by atoms with van der Waals surface area (Å²) in [6, 6.07) is 5.64. The number of hydrogen-bond donors (Lipinski definition) is 1. The fourth-order valence-corrected chi connectivity index (χ4v) is 2.88. The first-order valence-corrected chi connectivity index (χ1v) is 7.36. The van der Waals surface area contributed by atoms with E-state index in [1.54, 1.807) is 14.2 Å². The first kappa shape index (κ1) is 15.0. The first-order chi connectivity index (χ1) is 9.60. The monoisotopic (exact) mass is 295 g/mol. The number of carbonyl (C=O) groups excluding carboxylic acids is 1. The molecule has 5 heteroatoms. The van der Waals surface area contributed by atoms with Gasteiger partial charge < -0.3 is 14.4 Å². The van der Waals surface area contributed by atoms with Gasteiger partial charge in [0, 0.05) is 18.5 Å². The van der Waals surface area contributed by atoms with Gasteiger partial charge in [0.15, 0.2) is 0 Å². The number of nitrogens with zero attached hydrogens (tertiary/aromatic N) is 1. The van der Waals surface area contributed by atoms with Crippen LogP contribution in [0.1, 0.15) is 24.9 Å². The predicted molar refractivity (Wildman–Crippen MR) is 81.6 cm³/mol. The van der Waals surface area contributed by atoms with E-state index in [2.05, 4.69) is 12.6 Å². The van der Waals surface area contributed by atoms with Gasteiger partial charge in [-0.25, -0.2) is 0 Å². The molecular weight excluding hydrogens is 274 g/mol. The number of benzene rings is 1. The van der Waals surface area contributed by atoms with E-state index in [1.807, 2.05) is 30.0 Å². The zero-order valence-corrected chi connectivity index (χ0v) is 13.0. The Morgan fingerprint density at radius 3 is 2.70 bits per heavy atom. The Bertz CT molecular complexity index is 492. The normalized spacial score (nSPS) is 20.1. The summed E-state index contributed by atoms with van der Waals surface area (Å²) in [6.45, 7) is 2.78. The molecule has 0 radical (unpaired) electrons. The number of rotatable bonds is 5. The molecule has 0 aromatic heterocycles. The maximum Gasteiger partial charge on any atom is 0.223 e. The molecule has 2 unspecified atom stereocenters. The van der Waals surface area contributed by atoms with Crippen LogP contribution in [0.25, 0.3) is 0 Å². The van der Waals surface area contributed by atoms with E-state index >= 15 is 0 Å². The highest BCUT2D eigenvalue weighted by Gasteiger charge is 2.33. The van der Waals surface area contributed by atoms with Gasteiger partial charge in [-0.2, -0.15) is 12.6 Å². The van der Waals surface area contributed by atoms with Crippen LogP contribution in [0.3, 0.4) is 0 Å². The van der Waals surface area contributed by atoms with Crippen molar-refractivity contribution < 1.29 is 14.3 Å². The summed E-state index contributed by atoms with van der Waals surface area (Å²) < 4.78 is 10.7. The Labute approximate surface area is 125 Å². The van der Waals surface area contributed by atoms with E-state index in [0.717, 1.165) is 29.4 Å². The second kappa shape index (κ2) is 6.39. The predicted octanol–water partition coefficient (Wildman–Crippen LogP) is 2.54. The summed E-state index contributed by atoms with van der Waals surface area (Å²) in [5.74, 6) is 2.81. The Morgan fingerprint density at radius 1 is 1.40 bits per heavy atom. The minimum Gasteiger partial charge on any atom is -0.497 e. The second-order valence-electron chi connectivity index (χ2n) is 5.08. The standard InChI is InChI=1S/C15H21NO3S/c1-10(16-8-11(9-20)6-15(16)17)13-7-12(18-2)4-5-14(13)19-3/h4-5,7,10-11,20H,6,8-9H2,1-3H3. The topological polar surface area (TPSA) is 38.8 Å². The minimum absolute atomic E-state index is 0.0302. The number of carbonyl (C=O) groups is 1. The van der Waals surface area contributed by atoms with Crippen molar-refractivity contribution in [3.8, 4) is 11.5 Å². The van der Waals surface area contributed by atoms with Gasteiger partial charge in [-0.1, -0.05) is 0 Å². The quantitative estimate of drug-likeness (QED) is 0.849. The average Bonchev–Trinajstić information content (AvgIpc) is 2.86. The van der Waals surface area contributed by atoms with Crippen molar-refractivity contribution in [1.82, 2.24) is 4.90 Å². The van der Waals surface area contributed by atoms with Gasteiger partial charge in [0.05, 0.1) is 20.3 Å². The van der Waals surface area contributed by atoms with Crippen LogP contribution in [0.2, 0.25) is 0 Å². The Hall–Kier alpha value is -1.36. The van der Waals surface area contributed by atoms with E-state index in [-0.39, 0.29) is 11.9 Å². The SMILES string of the molecule is COc1ccc(OC)c(C(C)N2CC(CS)CC2=O)c1. The highest BCUT2D eigenvalue weighted by Crippen LogP contribution is 2.35. The van der Waals surface area contributed by atoms with Crippen molar-refractivity contribution in [3.05, 3.63) is 23.8 Å². The fraction of sp³-hybridized carbons (Fsp3) is 0.533. The van der Waals surface area contributed by atoms with Crippen LogP contribution in [0, 0.1) is 5.92 Å². The summed E-state index contributed by atoms with van der Waals surface area (Å²) in [7, 11) is 3.27. The number of methoxy groups -OCH3 is 2. The molecule has 0 bridgehead atoms. The van der Waals surface area contributed by atoms with Gasteiger partial charge in [0.2, 0.25) is 5.91 Å². The third-order valence-corrected chi connectivity index (χ3v) is 4.37. The molecule has 20 heavy (non-hydrogen) atoms. The molecule has 1 aromatic carbocycles. The van der Waals surface area contributed by atoms with Crippen LogP contribution in [0.5, 0.6) is 11.5 Å². The molecule has 1 aliphatic rings. The van der Waals surface area contributed by atoms with Crippen molar-refractivity contribution in [2.24, 2.45) is 5.92 Å². The zero-order chi connectivity index (χ0) is 14.7. The van der Waals surface area contributed by atoms with Gasteiger partial charge in [0.25, 0.3) is 0 Å². The van der Waals surface area contributed by atoms with Crippen molar-refractivity contribution in [3.63, 3.8) is 0 Å². The number of amides is 1.